The molecular formula is C24H34N6O6S2. The molecule has 0 saturated heterocycles. The minimum absolute atomic E-state index is 0.00778. The van der Waals surface area contributed by atoms with Gasteiger partial charge in [0, 0.05) is 35.7 Å². The Labute approximate surface area is 229 Å². The molecular weight excluding hydrogens is 532 g/mol. The average Bonchev–Trinajstić information content (AvgIpc) is 3.29. The summed E-state index contributed by atoms with van der Waals surface area (Å²) in [5, 5.41) is 18.2. The number of para-hydroxylation sites is 1. The van der Waals surface area contributed by atoms with Gasteiger partial charge < -0.3 is 37.5 Å². The molecule has 4 amide bonds. The maximum absolute atomic E-state index is 13.1. The molecule has 0 radical (unpaired) electrons. The fourth-order valence-electron chi connectivity index (χ4n) is 3.67. The van der Waals surface area contributed by atoms with Crippen LogP contribution in [0.25, 0.3) is 10.9 Å². The summed E-state index contributed by atoms with van der Waals surface area (Å²) >= 11 is 5.56. The van der Waals surface area contributed by atoms with Crippen molar-refractivity contribution in [3.8, 4) is 0 Å². The highest BCUT2D eigenvalue weighted by atomic mass is 32.2. The molecule has 2 rings (SSSR count). The van der Waals surface area contributed by atoms with Gasteiger partial charge in [-0.1, -0.05) is 18.2 Å². The van der Waals surface area contributed by atoms with Crippen molar-refractivity contribution in [2.45, 2.75) is 49.9 Å². The number of aromatic nitrogens is 1. The molecule has 4 atom stereocenters. The Balaban J connectivity index is 2.08. The standard InChI is InChI=1S/C24H34N6O6S2/c1-38-9-8-17(28-23(34)19(12-37)30-21(32)15(25)6-7-20(26)31)22(33)29-18(24(35)36)10-13-11-27-16-5-3-2-4-14(13)16/h2-5,11,15,17-19,27,37H,6-10,12,25H2,1H3,(H2,26,31)(H,28,34)(H,29,33)(H,30,32)(H,35,36). The van der Waals surface area contributed by atoms with E-state index < -0.39 is 53.8 Å². The summed E-state index contributed by atoms with van der Waals surface area (Å²) in [7, 11) is 0. The number of benzene rings is 1. The lowest BCUT2D eigenvalue weighted by atomic mass is 10.0. The van der Waals surface area contributed by atoms with Crippen LogP contribution in [-0.4, -0.2) is 81.6 Å². The van der Waals surface area contributed by atoms with Crippen LogP contribution in [0.2, 0.25) is 0 Å². The van der Waals surface area contributed by atoms with Gasteiger partial charge in [-0.25, -0.2) is 4.79 Å². The van der Waals surface area contributed by atoms with E-state index in [1.165, 1.54) is 11.8 Å². The van der Waals surface area contributed by atoms with Gasteiger partial charge in [-0.2, -0.15) is 24.4 Å². The quantitative estimate of drug-likeness (QED) is 0.124. The van der Waals surface area contributed by atoms with Crippen molar-refractivity contribution in [2.75, 3.05) is 17.8 Å². The number of nitrogens with two attached hydrogens (primary N) is 2. The van der Waals surface area contributed by atoms with Crippen molar-refractivity contribution in [1.82, 2.24) is 20.9 Å². The average molecular weight is 567 g/mol. The molecule has 1 aromatic carbocycles. The van der Waals surface area contributed by atoms with Gasteiger partial charge in [-0.05, 0) is 36.5 Å². The van der Waals surface area contributed by atoms with E-state index in [1.54, 1.807) is 6.20 Å². The first kappa shape index (κ1) is 31.0. The molecule has 9 N–H and O–H groups in total. The van der Waals surface area contributed by atoms with E-state index in [9.17, 15) is 29.1 Å². The van der Waals surface area contributed by atoms with Gasteiger partial charge in [-0.15, -0.1) is 0 Å². The van der Waals surface area contributed by atoms with Gasteiger partial charge in [0.05, 0.1) is 6.04 Å². The van der Waals surface area contributed by atoms with Crippen LogP contribution in [0.3, 0.4) is 0 Å². The maximum Gasteiger partial charge on any atom is 0.326 e. The van der Waals surface area contributed by atoms with Gasteiger partial charge in [0.1, 0.15) is 18.1 Å². The Morgan fingerprint density at radius 2 is 1.63 bits per heavy atom. The highest BCUT2D eigenvalue weighted by molar-refractivity contribution is 7.98. The highest BCUT2D eigenvalue weighted by Gasteiger charge is 2.30. The zero-order chi connectivity index (χ0) is 28.2. The molecule has 12 nitrogen and oxygen atoms in total. The normalized spacial score (nSPS) is 14.2. The topological polar surface area (TPSA) is 209 Å². The van der Waals surface area contributed by atoms with E-state index in [-0.39, 0.29) is 31.4 Å². The molecule has 0 saturated carbocycles. The first-order chi connectivity index (χ1) is 18.1. The molecule has 208 valence electrons. The largest absolute Gasteiger partial charge is 0.480 e. The Bertz CT molecular complexity index is 1140. The number of H-pyrrole nitrogens is 1. The number of carboxylic acid groups (broad SMARTS) is 1. The SMILES string of the molecule is CSCCC(NC(=O)C(CS)NC(=O)C(N)CCC(N)=O)C(=O)NC(Cc1c[nH]c2ccccc12)C(=O)O. The van der Waals surface area contributed by atoms with Gasteiger partial charge >= 0.3 is 5.97 Å². The molecule has 0 aliphatic rings. The van der Waals surface area contributed by atoms with Crippen LogP contribution in [0, 0.1) is 0 Å². The number of aromatic amines is 1. The molecule has 4 unspecified atom stereocenters. The van der Waals surface area contributed by atoms with Crippen molar-refractivity contribution in [2.24, 2.45) is 11.5 Å². The van der Waals surface area contributed by atoms with Crippen LogP contribution in [0.15, 0.2) is 30.5 Å². The van der Waals surface area contributed by atoms with Gasteiger partial charge in [0.2, 0.25) is 23.6 Å². The fourth-order valence-corrected chi connectivity index (χ4v) is 4.40. The number of carboxylic acids is 1. The number of thiol groups is 1. The third-order valence-corrected chi connectivity index (χ3v) is 6.82. The summed E-state index contributed by atoms with van der Waals surface area (Å²) in [6.45, 7) is 0. The van der Waals surface area contributed by atoms with Crippen LogP contribution in [0.5, 0.6) is 0 Å². The number of rotatable bonds is 16. The van der Waals surface area contributed by atoms with Crippen molar-refractivity contribution in [3.63, 3.8) is 0 Å². The zero-order valence-electron chi connectivity index (χ0n) is 20.9. The van der Waals surface area contributed by atoms with Gasteiger partial charge in [0.15, 0.2) is 0 Å². The summed E-state index contributed by atoms with van der Waals surface area (Å²) < 4.78 is 0. The van der Waals surface area contributed by atoms with Crippen LogP contribution < -0.4 is 27.4 Å². The van der Waals surface area contributed by atoms with Crippen LogP contribution >= 0.6 is 24.4 Å². The lowest BCUT2D eigenvalue weighted by molar-refractivity contribution is -0.142. The number of aliphatic carboxylic acids is 1. The smallest absolute Gasteiger partial charge is 0.326 e. The number of nitrogens with one attached hydrogen (secondary N) is 4. The molecule has 2 aromatic rings. The third-order valence-electron chi connectivity index (χ3n) is 5.81. The summed E-state index contributed by atoms with van der Waals surface area (Å²) in [5.41, 5.74) is 12.4. The molecule has 1 aromatic heterocycles. The minimum atomic E-state index is -1.24. The highest BCUT2D eigenvalue weighted by Crippen LogP contribution is 2.19. The van der Waals surface area contributed by atoms with Gasteiger partial charge in [0.25, 0.3) is 0 Å². The predicted octanol–water partition coefficient (Wildman–Crippen LogP) is -0.475. The lowest BCUT2D eigenvalue weighted by Crippen LogP contribution is -2.58. The Morgan fingerprint density at radius 1 is 1.00 bits per heavy atom. The second-order valence-electron chi connectivity index (χ2n) is 8.66. The first-order valence-electron chi connectivity index (χ1n) is 11.9. The number of hydrogen-bond acceptors (Lipinski definition) is 8. The van der Waals surface area contributed by atoms with E-state index in [1.807, 2.05) is 30.5 Å². The summed E-state index contributed by atoms with van der Waals surface area (Å²) in [6.07, 6.45) is 3.71. The van der Waals surface area contributed by atoms with Gasteiger partial charge in [-0.3, -0.25) is 19.2 Å². The molecule has 38 heavy (non-hydrogen) atoms. The van der Waals surface area contributed by atoms with Crippen molar-refractivity contribution in [1.29, 1.82) is 0 Å². The van der Waals surface area contributed by atoms with E-state index in [0.29, 0.717) is 5.75 Å². The number of amides is 4. The van der Waals surface area contributed by atoms with Crippen LogP contribution in [0.4, 0.5) is 0 Å². The lowest BCUT2D eigenvalue weighted by Gasteiger charge is -2.24. The number of hydrogen-bond donors (Lipinski definition) is 8. The molecule has 0 aliphatic carbocycles. The number of carbonyl (C=O) groups excluding carboxylic acids is 4. The number of carbonyl (C=O) groups is 5. The van der Waals surface area contributed by atoms with Crippen molar-refractivity contribution >= 4 is 64.9 Å². The van der Waals surface area contributed by atoms with Crippen molar-refractivity contribution < 1.29 is 29.1 Å². The first-order valence-corrected chi connectivity index (χ1v) is 13.9. The summed E-state index contributed by atoms with van der Waals surface area (Å²) in [5.74, 6) is -3.42. The minimum Gasteiger partial charge on any atom is -0.480 e. The number of fused-ring (bicyclic) bond motifs is 1. The van der Waals surface area contributed by atoms with Crippen LogP contribution in [-0.2, 0) is 30.4 Å². The second kappa shape index (κ2) is 15.2. The Morgan fingerprint density at radius 3 is 2.26 bits per heavy atom. The number of primary amides is 1. The van der Waals surface area contributed by atoms with E-state index >= 15 is 0 Å². The maximum atomic E-state index is 13.1. The zero-order valence-corrected chi connectivity index (χ0v) is 22.6. The number of thioether (sulfide) groups is 1. The van der Waals surface area contributed by atoms with Crippen LogP contribution in [0.1, 0.15) is 24.8 Å². The van der Waals surface area contributed by atoms with Crippen molar-refractivity contribution in [3.05, 3.63) is 36.0 Å². The monoisotopic (exact) mass is 566 g/mol. The predicted molar refractivity (Wildman–Crippen MR) is 149 cm³/mol. The van der Waals surface area contributed by atoms with E-state index in [2.05, 4.69) is 33.6 Å². The summed E-state index contributed by atoms with van der Waals surface area (Å²) in [4.78, 5) is 64.3. The molecule has 0 fully saturated rings. The van der Waals surface area contributed by atoms with E-state index in [0.717, 1.165) is 16.5 Å². The van der Waals surface area contributed by atoms with E-state index in [4.69, 9.17) is 11.5 Å². The Kier molecular flexibility index (Phi) is 12.4. The second-order valence-corrected chi connectivity index (χ2v) is 10.0. The Hall–Kier alpha value is -3.23. The molecule has 0 bridgehead atoms. The fraction of sp³-hybridized carbons (Fsp3) is 0.458. The molecule has 0 spiro atoms. The third kappa shape index (κ3) is 9.26. The molecule has 14 heteroatoms. The summed E-state index contributed by atoms with van der Waals surface area (Å²) in [6, 6.07) is 2.95. The molecule has 1 heterocycles. The molecule has 0 aliphatic heterocycles.